The maximum atomic E-state index is 12.2. The molecule has 27 heavy (non-hydrogen) atoms. The van der Waals surface area contributed by atoms with Crippen molar-refractivity contribution in [1.82, 2.24) is 20.7 Å². The number of carbonyl (C=O) groups is 3. The summed E-state index contributed by atoms with van der Waals surface area (Å²) >= 11 is 1.39. The topological polar surface area (TPSA) is 104 Å². The zero-order chi connectivity index (χ0) is 19.2. The summed E-state index contributed by atoms with van der Waals surface area (Å²) in [5.41, 5.74) is 5.16. The molecule has 0 saturated carbocycles. The summed E-state index contributed by atoms with van der Waals surface area (Å²) in [4.78, 5) is 44.1. The molecule has 3 amide bonds. The van der Waals surface area contributed by atoms with Crippen molar-refractivity contribution in [2.45, 2.75) is 12.8 Å². The second kappa shape index (κ2) is 8.96. The number of ether oxygens (including phenoxy) is 1. The zero-order valence-corrected chi connectivity index (χ0v) is 15.8. The van der Waals surface area contributed by atoms with Gasteiger partial charge in [-0.3, -0.25) is 25.2 Å². The minimum atomic E-state index is -0.446. The van der Waals surface area contributed by atoms with Crippen LogP contribution >= 0.6 is 11.3 Å². The molecule has 9 nitrogen and oxygen atoms in total. The second-order valence-electron chi connectivity index (χ2n) is 6.36. The van der Waals surface area contributed by atoms with Gasteiger partial charge in [0.15, 0.2) is 5.13 Å². The van der Waals surface area contributed by atoms with Crippen LogP contribution in [-0.2, 0) is 14.3 Å². The van der Waals surface area contributed by atoms with Crippen molar-refractivity contribution < 1.29 is 19.1 Å². The van der Waals surface area contributed by atoms with E-state index < -0.39 is 5.91 Å². The third-order valence-corrected chi connectivity index (χ3v) is 5.56. The summed E-state index contributed by atoms with van der Waals surface area (Å²) in [6, 6.07) is 0. The van der Waals surface area contributed by atoms with Crippen molar-refractivity contribution in [2.75, 3.05) is 44.3 Å². The number of carbonyl (C=O) groups excluding carboxylic acids is 3. The van der Waals surface area contributed by atoms with E-state index in [1.165, 1.54) is 17.4 Å². The summed E-state index contributed by atoms with van der Waals surface area (Å²) in [5.74, 6) is -1.06. The Kier molecular flexibility index (Phi) is 6.40. The molecule has 2 aliphatic rings. The van der Waals surface area contributed by atoms with Gasteiger partial charge in [-0.2, -0.15) is 0 Å². The molecule has 3 heterocycles. The fourth-order valence-electron chi connectivity index (χ4n) is 3.04. The number of hydrazine groups is 1. The number of aromatic nitrogens is 1. The van der Waals surface area contributed by atoms with Crippen molar-refractivity contribution in [1.29, 1.82) is 0 Å². The number of morpholine rings is 1. The van der Waals surface area contributed by atoms with E-state index in [9.17, 15) is 14.4 Å². The molecule has 2 aliphatic heterocycles. The van der Waals surface area contributed by atoms with Gasteiger partial charge in [0.05, 0.1) is 13.2 Å². The highest BCUT2D eigenvalue weighted by Gasteiger charge is 2.27. The van der Waals surface area contributed by atoms with E-state index in [2.05, 4.69) is 27.3 Å². The number of hydrogen-bond acceptors (Lipinski definition) is 7. The first kappa shape index (κ1) is 19.3. The third kappa shape index (κ3) is 4.83. The van der Waals surface area contributed by atoms with Crippen molar-refractivity contribution in [2.24, 2.45) is 5.92 Å². The number of nitrogens with zero attached hydrogens (tertiary/aromatic N) is 3. The number of anilines is 1. The van der Waals surface area contributed by atoms with Crippen molar-refractivity contribution in [3.8, 4) is 0 Å². The first-order chi connectivity index (χ1) is 13.1. The molecule has 0 aliphatic carbocycles. The standard InChI is InChI=1S/C17H23N5O4S/c1-2-14(23)21-5-3-12(4-6-21)15(24)19-20-16(25)13-11-27-17(18-13)22-7-9-26-10-8-22/h2,11-12H,1,3-10H2,(H,19,24)(H,20,25). The van der Waals surface area contributed by atoms with Crippen LogP contribution in [0.25, 0.3) is 0 Å². The van der Waals surface area contributed by atoms with Crippen LogP contribution in [0.4, 0.5) is 5.13 Å². The first-order valence-corrected chi connectivity index (χ1v) is 9.76. The number of rotatable bonds is 4. The number of nitrogens with one attached hydrogen (secondary N) is 2. The molecule has 1 aromatic rings. The Hall–Kier alpha value is -2.46. The molecular weight excluding hydrogens is 370 g/mol. The van der Waals surface area contributed by atoms with E-state index in [1.807, 2.05) is 0 Å². The molecule has 0 unspecified atom stereocenters. The molecule has 1 aromatic heterocycles. The minimum absolute atomic E-state index is 0.123. The van der Waals surface area contributed by atoms with Gasteiger partial charge in [0, 0.05) is 37.5 Å². The molecule has 0 bridgehead atoms. The molecule has 0 atom stereocenters. The minimum Gasteiger partial charge on any atom is -0.378 e. The third-order valence-electron chi connectivity index (χ3n) is 4.66. The number of thiazole rings is 1. The van der Waals surface area contributed by atoms with E-state index in [0.717, 1.165) is 18.2 Å². The predicted molar refractivity (Wildman–Crippen MR) is 100 cm³/mol. The van der Waals surface area contributed by atoms with Gasteiger partial charge in [0.25, 0.3) is 5.91 Å². The maximum Gasteiger partial charge on any atom is 0.289 e. The number of piperidine rings is 1. The Morgan fingerprint density at radius 2 is 1.89 bits per heavy atom. The van der Waals surface area contributed by atoms with E-state index >= 15 is 0 Å². The molecule has 0 radical (unpaired) electrons. The van der Waals surface area contributed by atoms with Crippen molar-refractivity contribution in [3.63, 3.8) is 0 Å². The van der Waals surface area contributed by atoms with Gasteiger partial charge in [0.2, 0.25) is 11.8 Å². The van der Waals surface area contributed by atoms with Crippen LogP contribution in [0.3, 0.4) is 0 Å². The second-order valence-corrected chi connectivity index (χ2v) is 7.20. The largest absolute Gasteiger partial charge is 0.378 e. The van der Waals surface area contributed by atoms with Crippen LogP contribution in [0.5, 0.6) is 0 Å². The zero-order valence-electron chi connectivity index (χ0n) is 15.0. The summed E-state index contributed by atoms with van der Waals surface area (Å²) in [5, 5.41) is 2.44. The lowest BCUT2D eigenvalue weighted by Crippen LogP contribution is -2.48. The first-order valence-electron chi connectivity index (χ1n) is 8.88. The maximum absolute atomic E-state index is 12.2. The quantitative estimate of drug-likeness (QED) is 0.558. The molecule has 10 heteroatoms. The van der Waals surface area contributed by atoms with Gasteiger partial charge >= 0.3 is 0 Å². The summed E-state index contributed by atoms with van der Waals surface area (Å²) in [6.07, 6.45) is 2.39. The molecule has 2 saturated heterocycles. The van der Waals surface area contributed by atoms with Crippen LogP contribution in [0, 0.1) is 5.92 Å². The van der Waals surface area contributed by atoms with Crippen molar-refractivity contribution in [3.05, 3.63) is 23.7 Å². The van der Waals surface area contributed by atoms with Gasteiger partial charge in [0.1, 0.15) is 5.69 Å². The van der Waals surface area contributed by atoms with E-state index in [1.54, 1.807) is 10.3 Å². The Labute approximate surface area is 161 Å². The number of hydrogen-bond donors (Lipinski definition) is 2. The van der Waals surface area contributed by atoms with Gasteiger partial charge in [-0.25, -0.2) is 4.98 Å². The van der Waals surface area contributed by atoms with Crippen LogP contribution in [-0.4, -0.2) is 67.0 Å². The molecule has 0 aromatic carbocycles. The Balaban J connectivity index is 1.45. The fourth-order valence-corrected chi connectivity index (χ4v) is 3.90. The SMILES string of the molecule is C=CC(=O)N1CCC(C(=O)NNC(=O)c2csc(N3CCOCC3)n2)CC1. The monoisotopic (exact) mass is 393 g/mol. The highest BCUT2D eigenvalue weighted by molar-refractivity contribution is 7.13. The summed E-state index contributed by atoms with van der Waals surface area (Å²) in [7, 11) is 0. The smallest absolute Gasteiger partial charge is 0.289 e. The molecule has 146 valence electrons. The van der Waals surface area contributed by atoms with Gasteiger partial charge in [-0.15, -0.1) is 11.3 Å². The van der Waals surface area contributed by atoms with E-state index in [4.69, 9.17) is 4.74 Å². The molecular formula is C17H23N5O4S. The van der Waals surface area contributed by atoms with Crippen LogP contribution in [0.1, 0.15) is 23.3 Å². The van der Waals surface area contributed by atoms with Crippen LogP contribution in [0.2, 0.25) is 0 Å². The van der Waals surface area contributed by atoms with Gasteiger partial charge in [-0.1, -0.05) is 6.58 Å². The average molecular weight is 393 g/mol. The number of amides is 3. The van der Waals surface area contributed by atoms with E-state index in [0.29, 0.717) is 39.1 Å². The Morgan fingerprint density at radius 3 is 2.56 bits per heavy atom. The fraction of sp³-hybridized carbons (Fsp3) is 0.529. The Morgan fingerprint density at radius 1 is 1.19 bits per heavy atom. The molecule has 3 rings (SSSR count). The normalized spacial score (nSPS) is 18.1. The Bertz CT molecular complexity index is 708. The summed E-state index contributed by atoms with van der Waals surface area (Å²) < 4.78 is 5.31. The highest BCUT2D eigenvalue weighted by Crippen LogP contribution is 2.21. The molecule has 0 spiro atoms. The van der Waals surface area contributed by atoms with E-state index in [-0.39, 0.29) is 23.4 Å². The predicted octanol–water partition coefficient (Wildman–Crippen LogP) is 0.165. The lowest BCUT2D eigenvalue weighted by atomic mass is 9.96. The van der Waals surface area contributed by atoms with Crippen molar-refractivity contribution >= 4 is 34.2 Å². The van der Waals surface area contributed by atoms with Crippen LogP contribution in [0.15, 0.2) is 18.0 Å². The highest BCUT2D eigenvalue weighted by atomic mass is 32.1. The van der Waals surface area contributed by atoms with Gasteiger partial charge < -0.3 is 14.5 Å². The lowest BCUT2D eigenvalue weighted by molar-refractivity contribution is -0.132. The molecule has 2 fully saturated rings. The average Bonchev–Trinajstić information content (AvgIpc) is 3.22. The molecule has 2 N–H and O–H groups in total. The van der Waals surface area contributed by atoms with Crippen LogP contribution < -0.4 is 15.8 Å². The number of likely N-dealkylation sites (tertiary alicyclic amines) is 1. The van der Waals surface area contributed by atoms with Gasteiger partial charge in [-0.05, 0) is 18.9 Å². The lowest BCUT2D eigenvalue weighted by Gasteiger charge is -2.30. The summed E-state index contributed by atoms with van der Waals surface area (Å²) in [6.45, 7) is 7.27.